The number of ether oxygens (including phenoxy) is 3. The van der Waals surface area contributed by atoms with Gasteiger partial charge in [0.1, 0.15) is 23.3 Å². The van der Waals surface area contributed by atoms with Crippen molar-refractivity contribution in [3.8, 4) is 29.1 Å². The molecule has 0 fully saturated rings. The van der Waals surface area contributed by atoms with Crippen LogP contribution in [0.25, 0.3) is 5.69 Å². The Balaban J connectivity index is 2.13. The first-order valence-electron chi connectivity index (χ1n) is 9.44. The Bertz CT molecular complexity index is 1460. The van der Waals surface area contributed by atoms with Crippen LogP contribution in [0.5, 0.6) is 17.4 Å². The van der Waals surface area contributed by atoms with Crippen molar-refractivity contribution >= 4 is 5.97 Å². The van der Waals surface area contributed by atoms with Crippen LogP contribution in [0.3, 0.4) is 0 Å². The van der Waals surface area contributed by atoms with Gasteiger partial charge in [-0.05, 0) is 18.2 Å². The Hall–Kier alpha value is -4.67. The molecule has 0 radical (unpaired) electrons. The van der Waals surface area contributed by atoms with Crippen LogP contribution in [0.15, 0.2) is 46.1 Å². The number of alkyl halides is 3. The summed E-state index contributed by atoms with van der Waals surface area (Å²) < 4.78 is 69.6. The summed E-state index contributed by atoms with van der Waals surface area (Å²) in [4.78, 5) is 40.1. The molecule has 3 rings (SSSR count). The molecule has 0 aliphatic heterocycles. The first kappa shape index (κ1) is 25.0. The van der Waals surface area contributed by atoms with E-state index in [0.29, 0.717) is 6.07 Å². The highest BCUT2D eigenvalue weighted by Crippen LogP contribution is 2.33. The van der Waals surface area contributed by atoms with Crippen molar-refractivity contribution in [2.45, 2.75) is 6.18 Å². The number of carbonyl (C=O) groups excluding carboxylic acids is 1. The van der Waals surface area contributed by atoms with Gasteiger partial charge in [-0.1, -0.05) is 0 Å². The minimum absolute atomic E-state index is 0.138. The Morgan fingerprint density at radius 1 is 1.20 bits per heavy atom. The number of esters is 1. The number of pyridine rings is 1. The molecule has 0 amide bonds. The van der Waals surface area contributed by atoms with Crippen molar-refractivity contribution in [2.24, 2.45) is 7.05 Å². The fraction of sp³-hybridized carbons (Fsp3) is 0.190. The average molecular weight is 494 g/mol. The normalized spacial score (nSPS) is 11.0. The first-order chi connectivity index (χ1) is 16.5. The van der Waals surface area contributed by atoms with Crippen LogP contribution in [-0.2, 0) is 22.8 Å². The van der Waals surface area contributed by atoms with Crippen LogP contribution in [0, 0.1) is 17.1 Å². The van der Waals surface area contributed by atoms with E-state index < -0.39 is 47.2 Å². The molecule has 35 heavy (non-hydrogen) atoms. The molecular weight excluding hydrogens is 480 g/mol. The molecule has 0 aliphatic carbocycles. The van der Waals surface area contributed by atoms with Crippen molar-refractivity contribution in [1.29, 1.82) is 5.26 Å². The Morgan fingerprint density at radius 3 is 2.54 bits per heavy atom. The van der Waals surface area contributed by atoms with Crippen LogP contribution < -0.4 is 20.7 Å². The monoisotopic (exact) mass is 494 g/mol. The van der Waals surface area contributed by atoms with Crippen molar-refractivity contribution in [1.82, 2.24) is 14.1 Å². The molecule has 0 saturated heterocycles. The van der Waals surface area contributed by atoms with E-state index in [1.807, 2.05) is 0 Å². The van der Waals surface area contributed by atoms with Gasteiger partial charge in [0.25, 0.3) is 11.4 Å². The number of benzene rings is 1. The molecule has 10 nitrogen and oxygen atoms in total. The third-order valence-corrected chi connectivity index (χ3v) is 4.53. The van der Waals surface area contributed by atoms with Gasteiger partial charge < -0.3 is 14.2 Å². The van der Waals surface area contributed by atoms with Gasteiger partial charge in [-0.2, -0.15) is 18.4 Å². The fourth-order valence-electron chi connectivity index (χ4n) is 2.87. The minimum atomic E-state index is -5.01. The van der Waals surface area contributed by atoms with Gasteiger partial charge in [-0.15, -0.1) is 0 Å². The zero-order chi connectivity index (χ0) is 25.9. The number of methoxy groups -OCH3 is 1. The lowest BCUT2D eigenvalue weighted by molar-refractivity contribution is -0.144. The van der Waals surface area contributed by atoms with Crippen molar-refractivity contribution in [2.75, 3.05) is 13.7 Å². The first-order valence-corrected chi connectivity index (χ1v) is 9.44. The lowest BCUT2D eigenvalue weighted by Crippen LogP contribution is -2.41. The molecule has 2 heterocycles. The molecule has 3 aromatic rings. The van der Waals surface area contributed by atoms with E-state index in [2.05, 4.69) is 9.72 Å². The number of aromatic nitrogens is 3. The van der Waals surface area contributed by atoms with E-state index in [-0.39, 0.29) is 38.1 Å². The fourth-order valence-corrected chi connectivity index (χ4v) is 2.87. The molecule has 1 aromatic carbocycles. The Labute approximate surface area is 193 Å². The number of rotatable bonds is 6. The van der Waals surface area contributed by atoms with Gasteiger partial charge in [-0.25, -0.2) is 23.5 Å². The molecule has 0 N–H and O–H groups in total. The predicted octanol–water partition coefficient (Wildman–Crippen LogP) is 2.30. The van der Waals surface area contributed by atoms with Crippen LogP contribution in [-0.4, -0.2) is 33.8 Å². The number of hydrogen-bond donors (Lipinski definition) is 0. The SMILES string of the molecule is COC(=O)COc1ncccc1Oc1cc(-n2c(=O)cc(C(F)(F)F)n(C)c2=O)c(F)cc1C#N. The molecule has 182 valence electrons. The second-order valence-electron chi connectivity index (χ2n) is 6.73. The van der Waals surface area contributed by atoms with Crippen molar-refractivity contribution in [3.05, 3.63) is 74.4 Å². The number of hydrogen-bond acceptors (Lipinski definition) is 8. The number of halogens is 4. The minimum Gasteiger partial charge on any atom is -0.466 e. The van der Waals surface area contributed by atoms with Crippen molar-refractivity contribution in [3.63, 3.8) is 0 Å². The highest BCUT2D eigenvalue weighted by atomic mass is 19.4. The maximum absolute atomic E-state index is 14.8. The van der Waals surface area contributed by atoms with E-state index in [9.17, 15) is 37.2 Å². The van der Waals surface area contributed by atoms with Crippen LogP contribution in [0.4, 0.5) is 17.6 Å². The highest BCUT2D eigenvalue weighted by molar-refractivity contribution is 5.70. The lowest BCUT2D eigenvalue weighted by Gasteiger charge is -2.16. The van der Waals surface area contributed by atoms with E-state index in [1.54, 1.807) is 6.07 Å². The van der Waals surface area contributed by atoms with E-state index >= 15 is 0 Å². The van der Waals surface area contributed by atoms with Crippen LogP contribution in [0.2, 0.25) is 0 Å². The van der Waals surface area contributed by atoms with Crippen LogP contribution >= 0.6 is 0 Å². The smallest absolute Gasteiger partial charge is 0.431 e. The van der Waals surface area contributed by atoms with Gasteiger partial charge in [0.05, 0.1) is 18.4 Å². The molecule has 0 spiro atoms. The third kappa shape index (κ3) is 5.13. The summed E-state index contributed by atoms with van der Waals surface area (Å²) in [6.45, 7) is -0.541. The van der Waals surface area contributed by atoms with Gasteiger partial charge in [0, 0.05) is 25.4 Å². The van der Waals surface area contributed by atoms with Crippen LogP contribution in [0.1, 0.15) is 11.3 Å². The molecule has 0 aliphatic rings. The maximum Gasteiger partial charge on any atom is 0.431 e. The second kappa shape index (κ2) is 9.67. The molecule has 0 bridgehead atoms. The number of carbonyl (C=O) groups is 1. The van der Waals surface area contributed by atoms with E-state index in [0.717, 1.165) is 20.2 Å². The third-order valence-electron chi connectivity index (χ3n) is 4.53. The zero-order valence-electron chi connectivity index (χ0n) is 17.9. The van der Waals surface area contributed by atoms with E-state index in [1.165, 1.54) is 18.3 Å². The average Bonchev–Trinajstić information content (AvgIpc) is 2.81. The molecule has 14 heteroatoms. The standard InChI is InChI=1S/C21H14F4N4O6/c1-28-16(21(23,24)25)8-17(30)29(20(28)32)13-7-15(11(9-26)6-12(13)22)35-14-4-3-5-27-19(14)34-10-18(31)33-2/h3-8H,10H2,1-2H3. The summed E-state index contributed by atoms with van der Waals surface area (Å²) in [5.74, 6) is -2.72. The molecule has 0 atom stereocenters. The predicted molar refractivity (Wildman–Crippen MR) is 109 cm³/mol. The largest absolute Gasteiger partial charge is 0.466 e. The van der Waals surface area contributed by atoms with E-state index in [4.69, 9.17) is 9.47 Å². The summed E-state index contributed by atoms with van der Waals surface area (Å²) in [6, 6.07) is 5.97. The molecule has 2 aromatic heterocycles. The number of nitrogens with zero attached hydrogens (tertiary/aromatic N) is 4. The van der Waals surface area contributed by atoms with Crippen molar-refractivity contribution < 1.29 is 36.6 Å². The molecular formula is C21H14F4N4O6. The Kier molecular flexibility index (Phi) is 6.90. The summed E-state index contributed by atoms with van der Waals surface area (Å²) in [5.41, 5.74) is -5.62. The highest BCUT2D eigenvalue weighted by Gasteiger charge is 2.35. The number of nitriles is 1. The van der Waals surface area contributed by atoms with Gasteiger partial charge in [0.15, 0.2) is 12.4 Å². The lowest BCUT2D eigenvalue weighted by atomic mass is 10.1. The van der Waals surface area contributed by atoms with Gasteiger partial charge >= 0.3 is 17.8 Å². The molecule has 0 saturated carbocycles. The summed E-state index contributed by atoms with van der Waals surface area (Å²) >= 11 is 0. The quantitative estimate of drug-likeness (QED) is 0.378. The van der Waals surface area contributed by atoms with Gasteiger partial charge in [-0.3, -0.25) is 9.36 Å². The zero-order valence-corrected chi connectivity index (χ0v) is 17.9. The Morgan fingerprint density at radius 2 is 1.91 bits per heavy atom. The summed E-state index contributed by atoms with van der Waals surface area (Å²) in [7, 11) is 1.90. The molecule has 0 unspecified atom stereocenters. The second-order valence-corrected chi connectivity index (χ2v) is 6.73. The van der Waals surface area contributed by atoms with Gasteiger partial charge in [0.2, 0.25) is 0 Å². The summed E-state index contributed by atoms with van der Waals surface area (Å²) in [5, 5.41) is 9.37. The summed E-state index contributed by atoms with van der Waals surface area (Å²) in [6.07, 6.45) is -3.71. The maximum atomic E-state index is 14.8. The topological polar surface area (TPSA) is 125 Å².